The van der Waals surface area contributed by atoms with Crippen molar-refractivity contribution in [3.63, 3.8) is 0 Å². The normalized spacial score (nSPS) is 12.0. The fourth-order valence-corrected chi connectivity index (χ4v) is 6.59. The Kier molecular flexibility index (Phi) is 36.5. The maximum Gasteiger partial charge on any atom is 0.306 e. The van der Waals surface area contributed by atoms with Crippen molar-refractivity contribution in [2.75, 3.05) is 0 Å². The predicted octanol–water partition coefficient (Wildman–Crippen LogP) is 14.1. The number of carbonyl (C=O) groups excluding carboxylic acids is 1. The number of hydrogen-bond acceptors (Lipinski definition) is 3. The Bertz CT molecular complexity index is 604. The molecule has 1 unspecified atom stereocenters. The molecule has 0 aliphatic rings. The summed E-state index contributed by atoms with van der Waals surface area (Å²) in [5, 5.41) is 8.66. The van der Waals surface area contributed by atoms with Gasteiger partial charge in [-0.25, -0.2) is 0 Å². The van der Waals surface area contributed by atoms with Crippen molar-refractivity contribution in [3.8, 4) is 0 Å². The highest BCUT2D eigenvalue weighted by Gasteiger charge is 2.13. The predicted molar refractivity (Wildman–Crippen MR) is 195 cm³/mol. The monoisotopic (exact) mass is 637 g/mol. The van der Waals surface area contributed by atoms with Crippen molar-refractivity contribution < 1.29 is 19.4 Å². The van der Waals surface area contributed by atoms with E-state index in [1.165, 1.54) is 180 Å². The molecule has 0 saturated carbocycles. The van der Waals surface area contributed by atoms with Crippen LogP contribution >= 0.6 is 0 Å². The number of carbonyl (C=O) groups is 2. The van der Waals surface area contributed by atoms with Crippen molar-refractivity contribution in [2.24, 2.45) is 0 Å². The lowest BCUT2D eigenvalue weighted by Crippen LogP contribution is -2.18. The Hall–Kier alpha value is -1.06. The molecule has 0 bridgehead atoms. The molecule has 0 rings (SSSR count). The molecule has 0 heterocycles. The number of unbranched alkanes of at least 4 members (excludes halogenated alkanes) is 29. The number of esters is 1. The van der Waals surface area contributed by atoms with Crippen LogP contribution in [-0.4, -0.2) is 23.1 Å². The second-order valence-electron chi connectivity index (χ2n) is 14.2. The van der Waals surface area contributed by atoms with Crippen LogP contribution in [0, 0.1) is 0 Å². The van der Waals surface area contributed by atoms with Crippen LogP contribution < -0.4 is 0 Å². The van der Waals surface area contributed by atoms with Crippen molar-refractivity contribution in [3.05, 3.63) is 0 Å². The van der Waals surface area contributed by atoms with E-state index in [0.29, 0.717) is 12.8 Å². The quantitative estimate of drug-likeness (QED) is 0.0541. The molecule has 0 spiro atoms. The molecule has 4 heteroatoms. The number of rotatable bonds is 38. The zero-order valence-electron chi connectivity index (χ0n) is 30.7. The molecule has 0 saturated heterocycles. The van der Waals surface area contributed by atoms with E-state index >= 15 is 0 Å². The minimum Gasteiger partial charge on any atom is -0.481 e. The molecule has 0 aromatic carbocycles. The zero-order valence-corrected chi connectivity index (χ0v) is 30.7. The van der Waals surface area contributed by atoms with Gasteiger partial charge >= 0.3 is 11.9 Å². The van der Waals surface area contributed by atoms with Crippen LogP contribution in [0.2, 0.25) is 0 Å². The minimum absolute atomic E-state index is 0.0392. The molecule has 1 atom stereocenters. The van der Waals surface area contributed by atoms with Gasteiger partial charge < -0.3 is 9.84 Å². The summed E-state index contributed by atoms with van der Waals surface area (Å²) in [6.45, 7) is 4.48. The molecule has 0 radical (unpaired) electrons. The number of hydrogen-bond donors (Lipinski definition) is 1. The standard InChI is InChI=1S/C41H80O4/c1-3-5-6-7-8-9-10-11-19-22-25-28-31-34-38-41(44)45-39(35-4-2)36-32-29-26-23-20-17-15-13-12-14-16-18-21-24-27-30-33-37-40(42)43/h39H,3-38H2,1-2H3,(H,42,43). The summed E-state index contributed by atoms with van der Waals surface area (Å²) in [5.41, 5.74) is 0. The summed E-state index contributed by atoms with van der Waals surface area (Å²) in [5.74, 6) is -0.621. The number of ether oxygens (including phenoxy) is 1. The van der Waals surface area contributed by atoms with E-state index in [1.54, 1.807) is 0 Å². The molecular formula is C41H80O4. The van der Waals surface area contributed by atoms with Crippen LogP contribution in [0.15, 0.2) is 0 Å². The first-order valence-electron chi connectivity index (χ1n) is 20.5. The lowest BCUT2D eigenvalue weighted by Gasteiger charge is -2.17. The van der Waals surface area contributed by atoms with Crippen LogP contribution in [0.3, 0.4) is 0 Å². The molecule has 1 N–H and O–H groups in total. The van der Waals surface area contributed by atoms with Crippen molar-refractivity contribution >= 4 is 11.9 Å². The molecule has 268 valence electrons. The number of carboxylic acid groups (broad SMARTS) is 1. The Morgan fingerprint density at radius 2 is 0.711 bits per heavy atom. The Labute approximate surface area is 282 Å². The number of aliphatic carboxylic acids is 1. The van der Waals surface area contributed by atoms with Crippen LogP contribution in [-0.2, 0) is 14.3 Å². The van der Waals surface area contributed by atoms with Crippen LogP contribution in [0.25, 0.3) is 0 Å². The van der Waals surface area contributed by atoms with Gasteiger partial charge in [-0.15, -0.1) is 0 Å². The molecule has 45 heavy (non-hydrogen) atoms. The van der Waals surface area contributed by atoms with Gasteiger partial charge in [0.25, 0.3) is 0 Å². The van der Waals surface area contributed by atoms with Crippen LogP contribution in [0.1, 0.15) is 245 Å². The minimum atomic E-state index is -0.660. The maximum atomic E-state index is 12.4. The molecule has 0 aromatic heterocycles. The highest BCUT2D eigenvalue weighted by Crippen LogP contribution is 2.18. The van der Waals surface area contributed by atoms with Gasteiger partial charge in [0, 0.05) is 12.8 Å². The van der Waals surface area contributed by atoms with Gasteiger partial charge in [0.1, 0.15) is 6.10 Å². The third kappa shape index (κ3) is 37.3. The molecule has 0 fully saturated rings. The van der Waals surface area contributed by atoms with Gasteiger partial charge in [0.2, 0.25) is 0 Å². The van der Waals surface area contributed by atoms with E-state index in [2.05, 4.69) is 13.8 Å². The lowest BCUT2D eigenvalue weighted by molar-refractivity contribution is -0.150. The Morgan fingerprint density at radius 3 is 1.04 bits per heavy atom. The van der Waals surface area contributed by atoms with E-state index in [0.717, 1.165) is 38.5 Å². The fraction of sp³-hybridized carbons (Fsp3) is 0.951. The Balaban J connectivity index is 3.46. The second-order valence-corrected chi connectivity index (χ2v) is 14.2. The summed E-state index contributed by atoms with van der Waals surface area (Å²) >= 11 is 0. The molecule has 0 aromatic rings. The van der Waals surface area contributed by atoms with E-state index < -0.39 is 5.97 Å². The SMILES string of the molecule is CCCCCCCCCCCCCCCCC(=O)OC(CCC)CCCCCCCCCCCCCCCCCCCC(=O)O. The third-order valence-corrected chi connectivity index (χ3v) is 9.56. The number of carboxylic acids is 1. The van der Waals surface area contributed by atoms with E-state index in [-0.39, 0.29) is 12.1 Å². The van der Waals surface area contributed by atoms with Crippen molar-refractivity contribution in [1.29, 1.82) is 0 Å². The largest absolute Gasteiger partial charge is 0.481 e. The van der Waals surface area contributed by atoms with Gasteiger partial charge in [-0.3, -0.25) is 9.59 Å². The summed E-state index contributed by atoms with van der Waals surface area (Å²) in [4.78, 5) is 22.9. The maximum absolute atomic E-state index is 12.4. The zero-order chi connectivity index (χ0) is 32.9. The smallest absolute Gasteiger partial charge is 0.306 e. The van der Waals surface area contributed by atoms with Gasteiger partial charge in [0.05, 0.1) is 0 Å². The average molecular weight is 637 g/mol. The van der Waals surface area contributed by atoms with E-state index in [9.17, 15) is 9.59 Å². The highest BCUT2D eigenvalue weighted by molar-refractivity contribution is 5.69. The fourth-order valence-electron chi connectivity index (χ4n) is 6.59. The molecule has 0 amide bonds. The molecule has 4 nitrogen and oxygen atoms in total. The third-order valence-electron chi connectivity index (χ3n) is 9.56. The lowest BCUT2D eigenvalue weighted by atomic mass is 10.0. The Morgan fingerprint density at radius 1 is 0.400 bits per heavy atom. The summed E-state index contributed by atoms with van der Waals surface area (Å²) in [6, 6.07) is 0. The van der Waals surface area contributed by atoms with E-state index in [4.69, 9.17) is 9.84 Å². The molecular weight excluding hydrogens is 556 g/mol. The molecule has 0 aliphatic heterocycles. The van der Waals surface area contributed by atoms with Crippen molar-refractivity contribution in [1.82, 2.24) is 0 Å². The summed E-state index contributed by atoms with van der Waals surface area (Å²) in [6.07, 6.45) is 44.8. The van der Waals surface area contributed by atoms with Gasteiger partial charge in [-0.05, 0) is 32.1 Å². The van der Waals surface area contributed by atoms with Gasteiger partial charge in [-0.1, -0.05) is 200 Å². The first kappa shape index (κ1) is 43.9. The van der Waals surface area contributed by atoms with Crippen molar-refractivity contribution in [2.45, 2.75) is 251 Å². The average Bonchev–Trinajstić information content (AvgIpc) is 3.02. The first-order valence-corrected chi connectivity index (χ1v) is 20.5. The molecule has 0 aliphatic carbocycles. The van der Waals surface area contributed by atoms with Gasteiger partial charge in [0.15, 0.2) is 0 Å². The second kappa shape index (κ2) is 37.4. The van der Waals surface area contributed by atoms with Crippen LogP contribution in [0.5, 0.6) is 0 Å². The highest BCUT2D eigenvalue weighted by atomic mass is 16.5. The van der Waals surface area contributed by atoms with Gasteiger partial charge in [-0.2, -0.15) is 0 Å². The van der Waals surface area contributed by atoms with E-state index in [1.807, 2.05) is 0 Å². The topological polar surface area (TPSA) is 63.6 Å². The first-order chi connectivity index (χ1) is 22.1. The van der Waals surface area contributed by atoms with Crippen LogP contribution in [0.4, 0.5) is 0 Å². The summed E-state index contributed by atoms with van der Waals surface area (Å²) < 4.78 is 5.89. The summed E-state index contributed by atoms with van der Waals surface area (Å²) in [7, 11) is 0.